The van der Waals surface area contributed by atoms with E-state index in [1.165, 1.54) is 0 Å². The summed E-state index contributed by atoms with van der Waals surface area (Å²) in [6.07, 6.45) is 1.32. The van der Waals surface area contributed by atoms with Crippen molar-refractivity contribution in [1.82, 2.24) is 0 Å². The predicted octanol–water partition coefficient (Wildman–Crippen LogP) is 1.01. The number of rotatable bonds is 3. The van der Waals surface area contributed by atoms with Gasteiger partial charge in [0.1, 0.15) is 0 Å². The molecule has 5 nitrogen and oxygen atoms in total. The lowest BCUT2D eigenvalue weighted by Crippen LogP contribution is -2.42. The first-order valence-electron chi connectivity index (χ1n) is 5.97. The third-order valence-corrected chi connectivity index (χ3v) is 3.25. The predicted molar refractivity (Wildman–Crippen MR) is 67.7 cm³/mol. The highest BCUT2D eigenvalue weighted by Gasteiger charge is 2.28. The van der Waals surface area contributed by atoms with Crippen LogP contribution in [-0.2, 0) is 11.2 Å². The highest BCUT2D eigenvalue weighted by Crippen LogP contribution is 2.29. The van der Waals surface area contributed by atoms with Crippen LogP contribution in [0.4, 0.5) is 5.69 Å². The number of fused-ring (bicyclic) bond motifs is 1. The number of benzene rings is 1. The van der Waals surface area contributed by atoms with E-state index in [0.29, 0.717) is 18.7 Å². The van der Waals surface area contributed by atoms with Crippen molar-refractivity contribution < 1.29 is 14.7 Å². The largest absolute Gasteiger partial charge is 0.478 e. The van der Waals surface area contributed by atoms with Gasteiger partial charge < -0.3 is 15.7 Å². The van der Waals surface area contributed by atoms with Crippen LogP contribution in [0.3, 0.4) is 0 Å². The standard InChI is InChI=1S/C13H16N2O3/c1-2-10(14)12(16)15-6-5-8-3-4-9(13(17)18)7-11(8)15/h3-4,7,10H,2,5-6,14H2,1H3,(H,17,18)/t10-/m1/s1. The molecule has 18 heavy (non-hydrogen) atoms. The summed E-state index contributed by atoms with van der Waals surface area (Å²) < 4.78 is 0. The number of carboxylic acid groups (broad SMARTS) is 1. The zero-order chi connectivity index (χ0) is 13.3. The first-order valence-corrected chi connectivity index (χ1v) is 5.97. The van der Waals surface area contributed by atoms with Crippen LogP contribution in [0.1, 0.15) is 29.3 Å². The second-order valence-corrected chi connectivity index (χ2v) is 4.40. The smallest absolute Gasteiger partial charge is 0.335 e. The van der Waals surface area contributed by atoms with Crippen molar-refractivity contribution in [3.05, 3.63) is 29.3 Å². The number of amides is 1. The van der Waals surface area contributed by atoms with Crippen molar-refractivity contribution >= 4 is 17.6 Å². The van der Waals surface area contributed by atoms with Crippen molar-refractivity contribution in [2.24, 2.45) is 5.73 Å². The van der Waals surface area contributed by atoms with Gasteiger partial charge in [-0.15, -0.1) is 0 Å². The molecule has 1 aromatic carbocycles. The summed E-state index contributed by atoms with van der Waals surface area (Å²) in [7, 11) is 0. The molecule has 1 atom stereocenters. The van der Waals surface area contributed by atoms with Crippen LogP contribution < -0.4 is 10.6 Å². The van der Waals surface area contributed by atoms with Crippen LogP contribution in [0.25, 0.3) is 0 Å². The second-order valence-electron chi connectivity index (χ2n) is 4.40. The fraction of sp³-hybridized carbons (Fsp3) is 0.385. The highest BCUT2D eigenvalue weighted by molar-refractivity contribution is 6.00. The number of hydrogen-bond donors (Lipinski definition) is 2. The Balaban J connectivity index is 2.34. The molecule has 2 rings (SSSR count). The molecule has 0 saturated carbocycles. The average Bonchev–Trinajstić information content (AvgIpc) is 2.79. The molecule has 1 aromatic rings. The van der Waals surface area contributed by atoms with Crippen LogP contribution in [0, 0.1) is 0 Å². The van der Waals surface area contributed by atoms with Crippen LogP contribution in [0.2, 0.25) is 0 Å². The summed E-state index contributed by atoms with van der Waals surface area (Å²) in [4.78, 5) is 24.6. The summed E-state index contributed by atoms with van der Waals surface area (Å²) in [6, 6.07) is 4.35. The highest BCUT2D eigenvalue weighted by atomic mass is 16.4. The van der Waals surface area contributed by atoms with E-state index in [1.54, 1.807) is 23.1 Å². The molecule has 0 radical (unpaired) electrons. The Morgan fingerprint density at radius 3 is 2.83 bits per heavy atom. The van der Waals surface area contributed by atoms with Crippen molar-refractivity contribution in [2.45, 2.75) is 25.8 Å². The third-order valence-electron chi connectivity index (χ3n) is 3.25. The Labute approximate surface area is 105 Å². The molecule has 1 aliphatic rings. The molecule has 1 heterocycles. The maximum absolute atomic E-state index is 12.1. The van der Waals surface area contributed by atoms with Crippen LogP contribution in [-0.4, -0.2) is 29.6 Å². The Morgan fingerprint density at radius 2 is 2.22 bits per heavy atom. The topological polar surface area (TPSA) is 83.6 Å². The van der Waals surface area contributed by atoms with Gasteiger partial charge in [-0.05, 0) is 30.5 Å². The summed E-state index contributed by atoms with van der Waals surface area (Å²) in [5.41, 5.74) is 7.62. The lowest BCUT2D eigenvalue weighted by atomic mass is 10.1. The van der Waals surface area contributed by atoms with E-state index in [1.807, 2.05) is 6.92 Å². The molecule has 0 aliphatic carbocycles. The van der Waals surface area contributed by atoms with Crippen LogP contribution in [0.5, 0.6) is 0 Å². The summed E-state index contributed by atoms with van der Waals surface area (Å²) in [5.74, 6) is -1.13. The maximum atomic E-state index is 12.1. The molecule has 0 saturated heterocycles. The van der Waals surface area contributed by atoms with Gasteiger partial charge >= 0.3 is 5.97 Å². The molecule has 1 aliphatic heterocycles. The molecular weight excluding hydrogens is 232 g/mol. The number of hydrogen-bond acceptors (Lipinski definition) is 3. The van der Waals surface area contributed by atoms with Crippen molar-refractivity contribution in [1.29, 1.82) is 0 Å². The zero-order valence-corrected chi connectivity index (χ0v) is 10.2. The zero-order valence-electron chi connectivity index (χ0n) is 10.2. The number of carbonyl (C=O) groups is 2. The van der Waals surface area contributed by atoms with E-state index in [0.717, 1.165) is 12.0 Å². The molecule has 0 bridgehead atoms. The minimum atomic E-state index is -0.989. The monoisotopic (exact) mass is 248 g/mol. The van der Waals surface area contributed by atoms with Gasteiger partial charge in [0.25, 0.3) is 0 Å². The molecule has 0 fully saturated rings. The first kappa shape index (κ1) is 12.6. The van der Waals surface area contributed by atoms with Gasteiger partial charge in [-0.2, -0.15) is 0 Å². The van der Waals surface area contributed by atoms with E-state index < -0.39 is 12.0 Å². The van der Waals surface area contributed by atoms with Gasteiger partial charge in [-0.1, -0.05) is 13.0 Å². The maximum Gasteiger partial charge on any atom is 0.335 e. The van der Waals surface area contributed by atoms with Crippen molar-refractivity contribution in [3.63, 3.8) is 0 Å². The summed E-state index contributed by atoms with van der Waals surface area (Å²) in [6.45, 7) is 2.43. The fourth-order valence-corrected chi connectivity index (χ4v) is 2.12. The molecule has 1 amide bonds. The van der Waals surface area contributed by atoms with E-state index in [4.69, 9.17) is 10.8 Å². The Kier molecular flexibility index (Phi) is 3.34. The average molecular weight is 248 g/mol. The van der Waals surface area contributed by atoms with E-state index in [9.17, 15) is 9.59 Å². The minimum absolute atomic E-state index is 0.140. The number of aromatic carboxylic acids is 1. The number of carboxylic acids is 1. The van der Waals surface area contributed by atoms with Crippen LogP contribution >= 0.6 is 0 Å². The van der Waals surface area contributed by atoms with Gasteiger partial charge in [-0.3, -0.25) is 4.79 Å². The molecular formula is C13H16N2O3. The SMILES string of the molecule is CC[C@@H](N)C(=O)N1CCc2ccc(C(=O)O)cc21. The number of nitrogens with zero attached hydrogens (tertiary/aromatic N) is 1. The van der Waals surface area contributed by atoms with E-state index in [-0.39, 0.29) is 11.5 Å². The first-order chi connectivity index (χ1) is 8.54. The van der Waals surface area contributed by atoms with Gasteiger partial charge in [0.15, 0.2) is 0 Å². The molecule has 0 spiro atoms. The van der Waals surface area contributed by atoms with Gasteiger partial charge in [0.05, 0.1) is 11.6 Å². The molecule has 96 valence electrons. The van der Waals surface area contributed by atoms with Crippen LogP contribution in [0.15, 0.2) is 18.2 Å². The quantitative estimate of drug-likeness (QED) is 0.836. The van der Waals surface area contributed by atoms with Gasteiger partial charge in [-0.25, -0.2) is 4.79 Å². The Bertz CT molecular complexity index is 499. The summed E-state index contributed by atoms with van der Waals surface area (Å²) in [5, 5.41) is 8.97. The second kappa shape index (κ2) is 4.78. The number of anilines is 1. The lowest BCUT2D eigenvalue weighted by Gasteiger charge is -2.21. The summed E-state index contributed by atoms with van der Waals surface area (Å²) >= 11 is 0. The number of carbonyl (C=O) groups excluding carboxylic acids is 1. The number of nitrogens with two attached hydrogens (primary N) is 1. The molecule has 5 heteroatoms. The van der Waals surface area contributed by atoms with Gasteiger partial charge in [0, 0.05) is 12.2 Å². The van der Waals surface area contributed by atoms with E-state index >= 15 is 0 Å². The van der Waals surface area contributed by atoms with Gasteiger partial charge in [0.2, 0.25) is 5.91 Å². The molecule has 0 unspecified atom stereocenters. The lowest BCUT2D eigenvalue weighted by molar-refractivity contribution is -0.119. The third kappa shape index (κ3) is 2.09. The fourth-order valence-electron chi connectivity index (χ4n) is 2.12. The van der Waals surface area contributed by atoms with Crippen molar-refractivity contribution in [3.8, 4) is 0 Å². The van der Waals surface area contributed by atoms with Crippen molar-refractivity contribution in [2.75, 3.05) is 11.4 Å². The van der Waals surface area contributed by atoms with E-state index in [2.05, 4.69) is 0 Å². The normalized spacial score (nSPS) is 15.3. The molecule has 0 aromatic heterocycles. The molecule has 3 N–H and O–H groups in total. The Hall–Kier alpha value is -1.88. The minimum Gasteiger partial charge on any atom is -0.478 e. The Morgan fingerprint density at radius 1 is 1.50 bits per heavy atom.